The monoisotopic (exact) mass is 348 g/mol. The first-order valence-corrected chi connectivity index (χ1v) is 7.64. The first-order valence-electron chi connectivity index (χ1n) is 6.84. The molecule has 0 aliphatic rings. The predicted molar refractivity (Wildman–Crippen MR) is 88.6 cm³/mol. The molecule has 2 aromatic rings. The predicted octanol–water partition coefficient (Wildman–Crippen LogP) is 4.79. The standard InChI is InChI=1S/C16H17BrN2O2/c1-2-13(10-12-6-4-3-5-7-12)18-14-8-9-15(17)16(11-14)19(20)21/h3-9,11,13,18H,2,10H2,1H3. The van der Waals surface area contributed by atoms with Gasteiger partial charge in [-0.05, 0) is 46.5 Å². The molecule has 0 saturated heterocycles. The molecular formula is C16H17BrN2O2. The van der Waals surface area contributed by atoms with Crippen LogP contribution in [0.5, 0.6) is 0 Å². The lowest BCUT2D eigenvalue weighted by molar-refractivity contribution is -0.385. The van der Waals surface area contributed by atoms with E-state index < -0.39 is 0 Å². The average molecular weight is 349 g/mol. The molecule has 0 aliphatic heterocycles. The molecule has 1 unspecified atom stereocenters. The molecule has 2 aromatic carbocycles. The van der Waals surface area contributed by atoms with Gasteiger partial charge in [-0.15, -0.1) is 0 Å². The van der Waals surface area contributed by atoms with Gasteiger partial charge in [-0.1, -0.05) is 37.3 Å². The zero-order valence-corrected chi connectivity index (χ0v) is 13.3. The first-order chi connectivity index (χ1) is 10.1. The van der Waals surface area contributed by atoms with Crippen LogP contribution in [0.15, 0.2) is 53.0 Å². The maximum absolute atomic E-state index is 11.0. The van der Waals surface area contributed by atoms with Crippen molar-refractivity contribution in [1.29, 1.82) is 0 Å². The van der Waals surface area contributed by atoms with Crippen LogP contribution >= 0.6 is 15.9 Å². The summed E-state index contributed by atoms with van der Waals surface area (Å²) < 4.78 is 0.495. The Morgan fingerprint density at radius 1 is 1.24 bits per heavy atom. The number of anilines is 1. The molecule has 110 valence electrons. The average Bonchev–Trinajstić information content (AvgIpc) is 2.49. The number of nitrogens with zero attached hydrogens (tertiary/aromatic N) is 1. The molecule has 0 bridgehead atoms. The molecule has 21 heavy (non-hydrogen) atoms. The van der Waals surface area contributed by atoms with Crippen LogP contribution in [-0.2, 0) is 6.42 Å². The fourth-order valence-corrected chi connectivity index (χ4v) is 2.57. The second-order valence-electron chi connectivity index (χ2n) is 4.86. The zero-order valence-electron chi connectivity index (χ0n) is 11.8. The van der Waals surface area contributed by atoms with Gasteiger partial charge in [0.25, 0.3) is 5.69 Å². The van der Waals surface area contributed by atoms with Crippen molar-refractivity contribution in [2.24, 2.45) is 0 Å². The molecule has 2 rings (SSSR count). The molecule has 1 N–H and O–H groups in total. The number of benzene rings is 2. The molecule has 1 atom stereocenters. The summed E-state index contributed by atoms with van der Waals surface area (Å²) in [5.41, 5.74) is 2.10. The summed E-state index contributed by atoms with van der Waals surface area (Å²) in [5, 5.41) is 14.3. The summed E-state index contributed by atoms with van der Waals surface area (Å²) >= 11 is 3.20. The minimum Gasteiger partial charge on any atom is -0.382 e. The topological polar surface area (TPSA) is 55.2 Å². The smallest absolute Gasteiger partial charge is 0.285 e. The fraction of sp³-hybridized carbons (Fsp3) is 0.250. The lowest BCUT2D eigenvalue weighted by Crippen LogP contribution is -2.21. The number of rotatable bonds is 6. The largest absolute Gasteiger partial charge is 0.382 e. The molecule has 0 aliphatic carbocycles. The van der Waals surface area contributed by atoms with Crippen LogP contribution in [0, 0.1) is 10.1 Å². The van der Waals surface area contributed by atoms with Crippen LogP contribution < -0.4 is 5.32 Å². The van der Waals surface area contributed by atoms with Crippen molar-refractivity contribution in [1.82, 2.24) is 0 Å². The molecule has 0 fully saturated rings. The van der Waals surface area contributed by atoms with Crippen molar-refractivity contribution in [2.75, 3.05) is 5.32 Å². The van der Waals surface area contributed by atoms with Gasteiger partial charge in [0.05, 0.1) is 9.40 Å². The van der Waals surface area contributed by atoms with Crippen LogP contribution in [-0.4, -0.2) is 11.0 Å². The molecule has 4 nitrogen and oxygen atoms in total. The van der Waals surface area contributed by atoms with Crippen LogP contribution in [0.25, 0.3) is 0 Å². The summed E-state index contributed by atoms with van der Waals surface area (Å²) in [6.07, 6.45) is 1.83. The number of halogens is 1. The quantitative estimate of drug-likeness (QED) is 0.603. The Bertz CT molecular complexity index is 617. The summed E-state index contributed by atoms with van der Waals surface area (Å²) in [6.45, 7) is 2.11. The van der Waals surface area contributed by atoms with E-state index >= 15 is 0 Å². The Morgan fingerprint density at radius 2 is 1.95 bits per heavy atom. The lowest BCUT2D eigenvalue weighted by atomic mass is 10.0. The second kappa shape index (κ2) is 7.22. The van der Waals surface area contributed by atoms with E-state index in [0.29, 0.717) is 4.47 Å². The number of nitrogens with one attached hydrogen (secondary N) is 1. The highest BCUT2D eigenvalue weighted by atomic mass is 79.9. The number of nitro benzene ring substituents is 1. The summed E-state index contributed by atoms with van der Waals surface area (Å²) in [5.74, 6) is 0. The Hall–Kier alpha value is -1.88. The minimum absolute atomic E-state index is 0.0783. The van der Waals surface area contributed by atoms with Gasteiger partial charge >= 0.3 is 0 Å². The normalized spacial score (nSPS) is 11.9. The number of hydrogen-bond acceptors (Lipinski definition) is 3. The maximum Gasteiger partial charge on any atom is 0.285 e. The SMILES string of the molecule is CCC(Cc1ccccc1)Nc1ccc(Br)c([N+](=O)[O-])c1. The van der Waals surface area contributed by atoms with Gasteiger partial charge in [0, 0.05) is 17.8 Å². The van der Waals surface area contributed by atoms with Crippen molar-refractivity contribution in [3.8, 4) is 0 Å². The van der Waals surface area contributed by atoms with Crippen molar-refractivity contribution >= 4 is 27.3 Å². The van der Waals surface area contributed by atoms with Gasteiger partial charge < -0.3 is 5.32 Å². The van der Waals surface area contributed by atoms with Crippen molar-refractivity contribution in [2.45, 2.75) is 25.8 Å². The van der Waals surface area contributed by atoms with Gasteiger partial charge in [0.1, 0.15) is 0 Å². The van der Waals surface area contributed by atoms with Crippen molar-refractivity contribution in [3.63, 3.8) is 0 Å². The highest BCUT2D eigenvalue weighted by Crippen LogP contribution is 2.28. The van der Waals surface area contributed by atoms with Gasteiger partial charge in [0.15, 0.2) is 0 Å². The zero-order chi connectivity index (χ0) is 15.2. The van der Waals surface area contributed by atoms with E-state index in [-0.39, 0.29) is 16.7 Å². The first kappa shape index (κ1) is 15.5. The highest BCUT2D eigenvalue weighted by Gasteiger charge is 2.14. The molecular weight excluding hydrogens is 332 g/mol. The van der Waals surface area contributed by atoms with Crippen LogP contribution in [0.4, 0.5) is 11.4 Å². The van der Waals surface area contributed by atoms with Crippen LogP contribution in [0.1, 0.15) is 18.9 Å². The molecule has 0 heterocycles. The maximum atomic E-state index is 11.0. The Labute approximate surface area is 132 Å². The van der Waals surface area contributed by atoms with Gasteiger partial charge in [0.2, 0.25) is 0 Å². The molecule has 0 aromatic heterocycles. The molecule has 0 saturated carbocycles. The molecule has 0 radical (unpaired) electrons. The number of hydrogen-bond donors (Lipinski definition) is 1. The summed E-state index contributed by atoms with van der Waals surface area (Å²) in [7, 11) is 0. The molecule has 0 spiro atoms. The minimum atomic E-state index is -0.382. The van der Waals surface area contributed by atoms with Gasteiger partial charge in [-0.25, -0.2) is 0 Å². The molecule has 0 amide bonds. The van der Waals surface area contributed by atoms with Crippen molar-refractivity contribution < 1.29 is 4.92 Å². The van der Waals surface area contributed by atoms with Gasteiger partial charge in [-0.2, -0.15) is 0 Å². The van der Waals surface area contributed by atoms with E-state index in [4.69, 9.17) is 0 Å². The summed E-state index contributed by atoms with van der Waals surface area (Å²) in [4.78, 5) is 10.6. The third-order valence-electron chi connectivity index (χ3n) is 3.33. The Kier molecular flexibility index (Phi) is 5.33. The van der Waals surface area contributed by atoms with Crippen molar-refractivity contribution in [3.05, 3.63) is 68.7 Å². The van der Waals surface area contributed by atoms with E-state index in [1.165, 1.54) is 5.56 Å². The highest BCUT2D eigenvalue weighted by molar-refractivity contribution is 9.10. The molecule has 5 heteroatoms. The lowest BCUT2D eigenvalue weighted by Gasteiger charge is -2.18. The van der Waals surface area contributed by atoms with Gasteiger partial charge in [-0.3, -0.25) is 10.1 Å². The van der Waals surface area contributed by atoms with E-state index in [1.807, 2.05) is 24.3 Å². The Balaban J connectivity index is 2.11. The number of nitro groups is 1. The van der Waals surface area contributed by atoms with E-state index in [1.54, 1.807) is 12.1 Å². The fourth-order valence-electron chi connectivity index (χ4n) is 2.17. The second-order valence-corrected chi connectivity index (χ2v) is 5.72. The third-order valence-corrected chi connectivity index (χ3v) is 4.00. The van der Waals surface area contributed by atoms with E-state index in [2.05, 4.69) is 40.3 Å². The third kappa shape index (κ3) is 4.29. The van der Waals surface area contributed by atoms with Crippen LogP contribution in [0.3, 0.4) is 0 Å². The van der Waals surface area contributed by atoms with E-state index in [0.717, 1.165) is 18.5 Å². The van der Waals surface area contributed by atoms with Crippen LogP contribution in [0.2, 0.25) is 0 Å². The van der Waals surface area contributed by atoms with E-state index in [9.17, 15) is 10.1 Å². The Morgan fingerprint density at radius 3 is 2.57 bits per heavy atom. The summed E-state index contributed by atoms with van der Waals surface area (Å²) in [6, 6.07) is 15.6.